The molecule has 0 unspecified atom stereocenters. The third-order valence-corrected chi connectivity index (χ3v) is 5.13. The smallest absolute Gasteiger partial charge is 0.125 e. The summed E-state index contributed by atoms with van der Waals surface area (Å²) in [5.41, 5.74) is 2.67. The molecule has 5 rings (SSSR count). The summed E-state index contributed by atoms with van der Waals surface area (Å²) < 4.78 is 0. The molecule has 0 atom stereocenters. The number of benzene rings is 4. The molecular formula is C26H18N2O2. The maximum atomic E-state index is 10.5. The van der Waals surface area contributed by atoms with Gasteiger partial charge in [-0.05, 0) is 52.6 Å². The highest BCUT2D eigenvalue weighted by molar-refractivity contribution is 6.14. The molecule has 0 saturated carbocycles. The summed E-state index contributed by atoms with van der Waals surface area (Å²) in [6.45, 7) is 0. The van der Waals surface area contributed by atoms with Crippen LogP contribution in [0.4, 0.5) is 5.69 Å². The number of pyridine rings is 1. The van der Waals surface area contributed by atoms with Gasteiger partial charge in [-0.25, -0.2) is 4.98 Å². The van der Waals surface area contributed by atoms with Crippen LogP contribution in [0.15, 0.2) is 96.0 Å². The van der Waals surface area contributed by atoms with E-state index in [9.17, 15) is 10.2 Å². The zero-order valence-electron chi connectivity index (χ0n) is 16.0. The van der Waals surface area contributed by atoms with Crippen LogP contribution in [0, 0.1) is 0 Å². The lowest BCUT2D eigenvalue weighted by Gasteiger charge is -2.09. The lowest BCUT2D eigenvalue weighted by atomic mass is 10.00. The predicted molar refractivity (Wildman–Crippen MR) is 122 cm³/mol. The van der Waals surface area contributed by atoms with Crippen LogP contribution in [0.1, 0.15) is 5.69 Å². The number of para-hydroxylation sites is 1. The Morgan fingerprint density at radius 2 is 1.43 bits per heavy atom. The zero-order chi connectivity index (χ0) is 20.5. The molecule has 1 heterocycles. The molecule has 0 bridgehead atoms. The highest BCUT2D eigenvalue weighted by Gasteiger charge is 2.10. The largest absolute Gasteiger partial charge is 0.507 e. The van der Waals surface area contributed by atoms with Crippen molar-refractivity contribution >= 4 is 33.4 Å². The van der Waals surface area contributed by atoms with E-state index < -0.39 is 0 Å². The standard InChI is InChI=1S/C26H18N2O2/c29-24-13-4-3-10-21(24)22-12-5-8-18(28-22)16-27-23-15-17-7-1-2-9-19(17)20-11-6-14-25(30)26(20)23/h1-16,29-30H. The molecule has 1 aromatic heterocycles. The number of aromatic hydroxyl groups is 2. The van der Waals surface area contributed by atoms with Crippen LogP contribution in [0.5, 0.6) is 11.5 Å². The van der Waals surface area contributed by atoms with Crippen LogP contribution < -0.4 is 0 Å². The second-order valence-corrected chi connectivity index (χ2v) is 7.04. The molecule has 4 aromatic carbocycles. The Hall–Kier alpha value is -4.18. The van der Waals surface area contributed by atoms with E-state index in [1.165, 1.54) is 0 Å². The van der Waals surface area contributed by atoms with Gasteiger partial charge in [-0.3, -0.25) is 4.99 Å². The van der Waals surface area contributed by atoms with Gasteiger partial charge in [0, 0.05) is 10.9 Å². The minimum Gasteiger partial charge on any atom is -0.507 e. The van der Waals surface area contributed by atoms with E-state index >= 15 is 0 Å². The van der Waals surface area contributed by atoms with Gasteiger partial charge in [-0.2, -0.15) is 0 Å². The first kappa shape index (κ1) is 17.9. The molecule has 144 valence electrons. The molecule has 0 amide bonds. The van der Waals surface area contributed by atoms with Gasteiger partial charge in [0.25, 0.3) is 0 Å². The highest BCUT2D eigenvalue weighted by atomic mass is 16.3. The van der Waals surface area contributed by atoms with Crippen molar-refractivity contribution in [3.63, 3.8) is 0 Å². The summed E-state index contributed by atoms with van der Waals surface area (Å²) in [5.74, 6) is 0.380. The summed E-state index contributed by atoms with van der Waals surface area (Å²) >= 11 is 0. The fraction of sp³-hybridized carbons (Fsp3) is 0. The van der Waals surface area contributed by atoms with Crippen LogP contribution in [0.2, 0.25) is 0 Å². The maximum Gasteiger partial charge on any atom is 0.125 e. The SMILES string of the molecule is Oc1ccccc1-c1cccc(C=Nc2cc3ccccc3c3cccc(O)c23)n1. The van der Waals surface area contributed by atoms with Gasteiger partial charge in [-0.15, -0.1) is 0 Å². The molecule has 0 radical (unpaired) electrons. The molecule has 0 fully saturated rings. The highest BCUT2D eigenvalue weighted by Crippen LogP contribution is 2.38. The molecular weight excluding hydrogens is 372 g/mol. The van der Waals surface area contributed by atoms with Crippen molar-refractivity contribution < 1.29 is 10.2 Å². The van der Waals surface area contributed by atoms with E-state index in [4.69, 9.17) is 0 Å². The molecule has 4 nitrogen and oxygen atoms in total. The molecule has 0 aliphatic carbocycles. The van der Waals surface area contributed by atoms with E-state index in [0.29, 0.717) is 28.0 Å². The van der Waals surface area contributed by atoms with Gasteiger partial charge in [0.1, 0.15) is 11.5 Å². The summed E-state index contributed by atoms with van der Waals surface area (Å²) in [5, 5.41) is 24.4. The average Bonchev–Trinajstić information content (AvgIpc) is 2.78. The second kappa shape index (κ2) is 7.33. The Morgan fingerprint density at radius 3 is 2.33 bits per heavy atom. The van der Waals surface area contributed by atoms with Crippen LogP contribution in [0.3, 0.4) is 0 Å². The lowest BCUT2D eigenvalue weighted by Crippen LogP contribution is -1.91. The summed E-state index contributed by atoms with van der Waals surface area (Å²) in [4.78, 5) is 9.27. The first-order chi connectivity index (χ1) is 14.7. The maximum absolute atomic E-state index is 10.5. The van der Waals surface area contributed by atoms with E-state index in [-0.39, 0.29) is 11.5 Å². The van der Waals surface area contributed by atoms with E-state index in [2.05, 4.69) is 9.98 Å². The number of hydrogen-bond donors (Lipinski definition) is 2. The van der Waals surface area contributed by atoms with Crippen molar-refractivity contribution in [3.05, 3.63) is 96.7 Å². The average molecular weight is 390 g/mol. The Balaban J connectivity index is 1.62. The first-order valence-corrected chi connectivity index (χ1v) is 9.63. The number of aliphatic imine (C=N–C) groups is 1. The number of fused-ring (bicyclic) bond motifs is 3. The van der Waals surface area contributed by atoms with Crippen molar-refractivity contribution in [1.29, 1.82) is 0 Å². The number of rotatable bonds is 3. The Labute approximate surface area is 173 Å². The number of aromatic nitrogens is 1. The van der Waals surface area contributed by atoms with Crippen molar-refractivity contribution in [3.8, 4) is 22.8 Å². The second-order valence-electron chi connectivity index (χ2n) is 7.04. The molecule has 4 heteroatoms. The Morgan fingerprint density at radius 1 is 0.700 bits per heavy atom. The van der Waals surface area contributed by atoms with Gasteiger partial charge >= 0.3 is 0 Å². The quantitative estimate of drug-likeness (QED) is 0.284. The van der Waals surface area contributed by atoms with Crippen LogP contribution in [-0.2, 0) is 0 Å². The fourth-order valence-corrected chi connectivity index (χ4v) is 3.72. The molecule has 5 aromatic rings. The van der Waals surface area contributed by atoms with Crippen LogP contribution in [-0.4, -0.2) is 21.4 Å². The predicted octanol–water partition coefficient (Wildman–Crippen LogP) is 6.22. The summed E-state index contributed by atoms with van der Waals surface area (Å²) in [7, 11) is 0. The Bertz CT molecular complexity index is 1420. The van der Waals surface area contributed by atoms with E-state index in [1.54, 1.807) is 24.4 Å². The van der Waals surface area contributed by atoms with Crippen molar-refractivity contribution in [1.82, 2.24) is 4.98 Å². The number of hydrogen-bond acceptors (Lipinski definition) is 4. The molecule has 2 N–H and O–H groups in total. The molecule has 0 saturated heterocycles. The topological polar surface area (TPSA) is 65.7 Å². The van der Waals surface area contributed by atoms with E-state index in [0.717, 1.165) is 16.2 Å². The van der Waals surface area contributed by atoms with E-state index in [1.807, 2.05) is 72.8 Å². The molecule has 0 aliphatic heterocycles. The van der Waals surface area contributed by atoms with Gasteiger partial charge in [0.15, 0.2) is 0 Å². The molecule has 0 spiro atoms. The van der Waals surface area contributed by atoms with Gasteiger partial charge < -0.3 is 10.2 Å². The molecule has 30 heavy (non-hydrogen) atoms. The normalized spacial score (nSPS) is 11.5. The monoisotopic (exact) mass is 390 g/mol. The van der Waals surface area contributed by atoms with Crippen molar-refractivity contribution in [2.45, 2.75) is 0 Å². The number of phenols is 2. The zero-order valence-corrected chi connectivity index (χ0v) is 16.0. The number of nitrogens with zero attached hydrogens (tertiary/aromatic N) is 2. The van der Waals surface area contributed by atoms with Gasteiger partial charge in [-0.1, -0.05) is 54.6 Å². The Kier molecular flexibility index (Phi) is 4.37. The number of phenolic OH excluding ortho intramolecular Hbond substituents is 2. The van der Waals surface area contributed by atoms with Crippen molar-refractivity contribution in [2.24, 2.45) is 4.99 Å². The first-order valence-electron chi connectivity index (χ1n) is 9.63. The third kappa shape index (κ3) is 3.14. The summed E-state index contributed by atoms with van der Waals surface area (Å²) in [6, 6.07) is 28.2. The fourth-order valence-electron chi connectivity index (χ4n) is 3.72. The summed E-state index contributed by atoms with van der Waals surface area (Å²) in [6.07, 6.45) is 1.68. The third-order valence-electron chi connectivity index (χ3n) is 5.13. The minimum atomic E-state index is 0.185. The van der Waals surface area contributed by atoms with Gasteiger partial charge in [0.05, 0.1) is 23.3 Å². The molecule has 0 aliphatic rings. The van der Waals surface area contributed by atoms with Crippen LogP contribution >= 0.6 is 0 Å². The van der Waals surface area contributed by atoms with Crippen molar-refractivity contribution in [2.75, 3.05) is 0 Å². The van der Waals surface area contributed by atoms with Crippen LogP contribution in [0.25, 0.3) is 32.8 Å². The van der Waals surface area contributed by atoms with Gasteiger partial charge in [0.2, 0.25) is 0 Å². The minimum absolute atomic E-state index is 0.185. The lowest BCUT2D eigenvalue weighted by molar-refractivity contribution is 0.477.